The first-order chi connectivity index (χ1) is 13.2. The normalized spacial score (nSPS) is 19.6. The van der Waals surface area contributed by atoms with Crippen molar-refractivity contribution >= 4 is 29.1 Å². The first-order valence-corrected chi connectivity index (χ1v) is 9.71. The molecule has 28 heavy (non-hydrogen) atoms. The number of rotatable bonds is 6. The molecule has 0 radical (unpaired) electrons. The van der Waals surface area contributed by atoms with Gasteiger partial charge < -0.3 is 20.7 Å². The zero-order chi connectivity index (χ0) is 20.7. The largest absolute Gasteiger partial charge is 0.375 e. The highest BCUT2D eigenvalue weighted by molar-refractivity contribution is 5.97. The lowest BCUT2D eigenvalue weighted by Gasteiger charge is -2.32. The zero-order valence-corrected chi connectivity index (χ0v) is 17.1. The molecule has 1 aromatic rings. The van der Waals surface area contributed by atoms with E-state index in [9.17, 15) is 14.4 Å². The van der Waals surface area contributed by atoms with E-state index in [1.54, 1.807) is 24.3 Å². The van der Waals surface area contributed by atoms with Crippen LogP contribution in [0.15, 0.2) is 24.3 Å². The molecule has 154 valence electrons. The number of hydrogen-bond acceptors (Lipinski definition) is 4. The molecule has 7 heteroatoms. The van der Waals surface area contributed by atoms with Crippen LogP contribution in [0, 0.1) is 11.8 Å². The van der Waals surface area contributed by atoms with Crippen molar-refractivity contribution in [3.63, 3.8) is 0 Å². The fraction of sp³-hybridized carbons (Fsp3) is 0.571. The Balaban J connectivity index is 1.99. The highest BCUT2D eigenvalue weighted by atomic mass is 16.5. The third kappa shape index (κ3) is 6.64. The molecular weight excluding hydrogens is 358 g/mol. The van der Waals surface area contributed by atoms with E-state index >= 15 is 0 Å². The average molecular weight is 389 g/mol. The number of ether oxygens (including phenoxy) is 1. The maximum atomic E-state index is 12.8. The van der Waals surface area contributed by atoms with Crippen molar-refractivity contribution in [3.05, 3.63) is 24.3 Å². The second-order valence-corrected chi connectivity index (χ2v) is 8.28. The third-order valence-electron chi connectivity index (χ3n) is 4.65. The van der Waals surface area contributed by atoms with Gasteiger partial charge >= 0.3 is 0 Å². The van der Waals surface area contributed by atoms with Gasteiger partial charge in [-0.1, -0.05) is 12.8 Å². The van der Waals surface area contributed by atoms with Gasteiger partial charge in [-0.25, -0.2) is 0 Å². The maximum Gasteiger partial charge on any atom is 0.250 e. The summed E-state index contributed by atoms with van der Waals surface area (Å²) >= 11 is 0. The van der Waals surface area contributed by atoms with Gasteiger partial charge in [-0.15, -0.1) is 0 Å². The van der Waals surface area contributed by atoms with E-state index in [1.165, 1.54) is 7.11 Å². The molecule has 1 saturated carbocycles. The van der Waals surface area contributed by atoms with Gasteiger partial charge in [0, 0.05) is 35.9 Å². The maximum absolute atomic E-state index is 12.8. The van der Waals surface area contributed by atoms with Crippen LogP contribution in [-0.2, 0) is 19.1 Å². The Labute approximate surface area is 166 Å². The Morgan fingerprint density at radius 2 is 1.43 bits per heavy atom. The predicted molar refractivity (Wildman–Crippen MR) is 109 cm³/mol. The van der Waals surface area contributed by atoms with Gasteiger partial charge in [0.15, 0.2) is 0 Å². The molecule has 0 spiro atoms. The van der Waals surface area contributed by atoms with E-state index in [0.29, 0.717) is 17.8 Å². The van der Waals surface area contributed by atoms with E-state index in [1.807, 2.05) is 20.8 Å². The molecule has 0 saturated heterocycles. The second kappa shape index (κ2) is 9.68. The van der Waals surface area contributed by atoms with Crippen LogP contribution in [0.2, 0.25) is 0 Å². The number of nitrogens with one attached hydrogen (secondary N) is 3. The van der Waals surface area contributed by atoms with Crippen LogP contribution in [0.1, 0.15) is 46.5 Å². The molecule has 1 aliphatic carbocycles. The Kier molecular flexibility index (Phi) is 7.57. The van der Waals surface area contributed by atoms with Gasteiger partial charge in [-0.05, 0) is 57.9 Å². The highest BCUT2D eigenvalue weighted by Gasteiger charge is 2.36. The molecule has 2 rings (SSSR count). The lowest BCUT2D eigenvalue weighted by Crippen LogP contribution is -2.48. The first-order valence-electron chi connectivity index (χ1n) is 9.71. The summed E-state index contributed by atoms with van der Waals surface area (Å²) in [5.74, 6) is -1.07. The van der Waals surface area contributed by atoms with Crippen LogP contribution >= 0.6 is 0 Å². The minimum atomic E-state index is -0.336. The molecule has 0 bridgehead atoms. The topological polar surface area (TPSA) is 96.5 Å². The summed E-state index contributed by atoms with van der Waals surface area (Å²) in [5.41, 5.74) is 0.939. The monoisotopic (exact) mass is 389 g/mol. The first kappa shape index (κ1) is 21.9. The SMILES string of the molecule is COCC(=O)Nc1ccc(NC(=O)[C@H]2CCCC[C@H]2C(=O)NC(C)(C)C)cc1. The van der Waals surface area contributed by atoms with Crippen LogP contribution in [0.3, 0.4) is 0 Å². The molecule has 3 N–H and O–H groups in total. The average Bonchev–Trinajstić information content (AvgIpc) is 2.62. The fourth-order valence-corrected chi connectivity index (χ4v) is 3.42. The zero-order valence-electron chi connectivity index (χ0n) is 17.1. The van der Waals surface area contributed by atoms with E-state index in [4.69, 9.17) is 4.74 Å². The van der Waals surface area contributed by atoms with Crippen LogP contribution in [-0.4, -0.2) is 37.0 Å². The summed E-state index contributed by atoms with van der Waals surface area (Å²) in [4.78, 5) is 37.0. The number of benzene rings is 1. The molecule has 2 atom stereocenters. The number of anilines is 2. The van der Waals surface area contributed by atoms with Crippen molar-refractivity contribution in [2.45, 2.75) is 52.0 Å². The number of amides is 3. The van der Waals surface area contributed by atoms with Gasteiger partial charge in [0.1, 0.15) is 6.61 Å². The number of carbonyl (C=O) groups excluding carboxylic acids is 3. The molecule has 1 fully saturated rings. The Bertz CT molecular complexity index is 695. The van der Waals surface area contributed by atoms with E-state index in [0.717, 1.165) is 19.3 Å². The van der Waals surface area contributed by atoms with Crippen molar-refractivity contribution < 1.29 is 19.1 Å². The smallest absolute Gasteiger partial charge is 0.250 e. The number of hydrogen-bond donors (Lipinski definition) is 3. The van der Waals surface area contributed by atoms with Gasteiger partial charge in [-0.2, -0.15) is 0 Å². The van der Waals surface area contributed by atoms with Gasteiger partial charge in [0.05, 0.1) is 0 Å². The molecule has 3 amide bonds. The summed E-state index contributed by atoms with van der Waals surface area (Å²) in [5, 5.41) is 8.61. The van der Waals surface area contributed by atoms with E-state index < -0.39 is 0 Å². The molecular formula is C21H31N3O4. The van der Waals surface area contributed by atoms with Gasteiger partial charge in [0.2, 0.25) is 17.7 Å². The minimum absolute atomic E-state index is 0.0157. The van der Waals surface area contributed by atoms with E-state index in [2.05, 4.69) is 16.0 Å². The molecule has 1 aliphatic rings. The van der Waals surface area contributed by atoms with Crippen molar-refractivity contribution in [1.29, 1.82) is 0 Å². The Morgan fingerprint density at radius 3 is 1.93 bits per heavy atom. The summed E-state index contributed by atoms with van der Waals surface area (Å²) in [7, 11) is 1.46. The van der Waals surface area contributed by atoms with Crippen molar-refractivity contribution in [3.8, 4) is 0 Å². The van der Waals surface area contributed by atoms with Crippen LogP contribution in [0.25, 0.3) is 0 Å². The Morgan fingerprint density at radius 1 is 0.929 bits per heavy atom. The standard InChI is InChI=1S/C21H31N3O4/c1-21(2,3)24-20(27)17-8-6-5-7-16(17)19(26)23-15-11-9-14(10-12-15)22-18(25)13-28-4/h9-12,16-17H,5-8,13H2,1-4H3,(H,22,25)(H,23,26)(H,24,27)/t16-,17+/m0/s1. The minimum Gasteiger partial charge on any atom is -0.375 e. The lowest BCUT2D eigenvalue weighted by molar-refractivity contribution is -0.135. The van der Waals surface area contributed by atoms with Crippen LogP contribution in [0.4, 0.5) is 11.4 Å². The number of methoxy groups -OCH3 is 1. The molecule has 7 nitrogen and oxygen atoms in total. The predicted octanol–water partition coefficient (Wildman–Crippen LogP) is 2.93. The summed E-state index contributed by atoms with van der Waals surface area (Å²) in [6, 6.07) is 6.89. The van der Waals surface area contributed by atoms with Gasteiger partial charge in [-0.3, -0.25) is 14.4 Å². The van der Waals surface area contributed by atoms with Crippen LogP contribution < -0.4 is 16.0 Å². The van der Waals surface area contributed by atoms with E-state index in [-0.39, 0.29) is 41.7 Å². The highest BCUT2D eigenvalue weighted by Crippen LogP contribution is 2.32. The van der Waals surface area contributed by atoms with Crippen LogP contribution in [0.5, 0.6) is 0 Å². The quantitative estimate of drug-likeness (QED) is 0.697. The van der Waals surface area contributed by atoms with Crippen molar-refractivity contribution in [2.24, 2.45) is 11.8 Å². The van der Waals surface area contributed by atoms with Crippen molar-refractivity contribution in [2.75, 3.05) is 24.4 Å². The lowest BCUT2D eigenvalue weighted by atomic mass is 9.77. The summed E-state index contributed by atoms with van der Waals surface area (Å²) in [6.07, 6.45) is 3.34. The third-order valence-corrected chi connectivity index (χ3v) is 4.65. The second-order valence-electron chi connectivity index (χ2n) is 8.28. The van der Waals surface area contributed by atoms with Crippen molar-refractivity contribution in [1.82, 2.24) is 5.32 Å². The fourth-order valence-electron chi connectivity index (χ4n) is 3.42. The molecule has 0 unspecified atom stereocenters. The number of carbonyl (C=O) groups is 3. The molecule has 0 aromatic heterocycles. The molecule has 0 aliphatic heterocycles. The Hall–Kier alpha value is -2.41. The summed E-state index contributed by atoms with van der Waals surface area (Å²) < 4.78 is 4.78. The van der Waals surface area contributed by atoms with Gasteiger partial charge in [0.25, 0.3) is 0 Å². The molecule has 1 aromatic carbocycles. The summed E-state index contributed by atoms with van der Waals surface area (Å²) in [6.45, 7) is 5.81. The molecule has 0 heterocycles.